The molecule has 2 rings (SSSR count). The van der Waals surface area contributed by atoms with Crippen molar-refractivity contribution in [1.82, 2.24) is 4.90 Å². The number of hydrogen-bond acceptors (Lipinski definition) is 4. The molecule has 0 saturated carbocycles. The molecule has 0 spiro atoms. The lowest BCUT2D eigenvalue weighted by Gasteiger charge is -2.27. The van der Waals surface area contributed by atoms with Crippen LogP contribution in [0.3, 0.4) is 0 Å². The number of para-hydroxylation sites is 1. The molecule has 2 aromatic carbocycles. The number of ether oxygens (including phenoxy) is 2. The van der Waals surface area contributed by atoms with E-state index in [1.807, 2.05) is 61.5 Å². The van der Waals surface area contributed by atoms with Crippen molar-refractivity contribution in [3.05, 3.63) is 59.7 Å². The predicted octanol–water partition coefficient (Wildman–Crippen LogP) is 3.82. The van der Waals surface area contributed by atoms with Crippen LogP contribution in [0.2, 0.25) is 0 Å². The highest BCUT2D eigenvalue weighted by molar-refractivity contribution is 5.35. The van der Waals surface area contributed by atoms with Crippen LogP contribution >= 0.6 is 0 Å². The first kappa shape index (κ1) is 20.2. The van der Waals surface area contributed by atoms with Crippen molar-refractivity contribution in [2.45, 2.75) is 38.5 Å². The van der Waals surface area contributed by atoms with E-state index < -0.39 is 13.0 Å². The molecule has 0 saturated heterocycles. The van der Waals surface area contributed by atoms with Crippen LogP contribution in [0.1, 0.15) is 24.5 Å². The standard InChI is InChI=1S/C21H28FNO3/c1-16(24)13-21(23(2)3)26-20-10-5-4-8-18(20)12-11-17-7-6-9-19(14-17)25-15-22/h4-10,14,16,21,24H,11-13,15H2,1-3H3. The van der Waals surface area contributed by atoms with Gasteiger partial charge < -0.3 is 14.6 Å². The summed E-state index contributed by atoms with van der Waals surface area (Å²) in [5.74, 6) is 1.36. The molecule has 2 atom stereocenters. The number of halogens is 1. The molecule has 26 heavy (non-hydrogen) atoms. The molecule has 0 radical (unpaired) electrons. The molecule has 0 fully saturated rings. The van der Waals surface area contributed by atoms with Crippen LogP contribution in [0.4, 0.5) is 4.39 Å². The molecule has 0 aliphatic heterocycles. The summed E-state index contributed by atoms with van der Waals surface area (Å²) in [5.41, 5.74) is 2.18. The van der Waals surface area contributed by atoms with Crippen LogP contribution < -0.4 is 9.47 Å². The van der Waals surface area contributed by atoms with Gasteiger partial charge in [-0.1, -0.05) is 30.3 Å². The van der Waals surface area contributed by atoms with Gasteiger partial charge in [0.1, 0.15) is 11.5 Å². The minimum absolute atomic E-state index is 0.197. The van der Waals surface area contributed by atoms with Gasteiger partial charge in [-0.3, -0.25) is 4.90 Å². The molecular weight excluding hydrogens is 333 g/mol. The third-order valence-corrected chi connectivity index (χ3v) is 4.16. The maximum atomic E-state index is 12.3. The molecular formula is C21H28FNO3. The molecule has 0 amide bonds. The zero-order valence-electron chi connectivity index (χ0n) is 15.7. The van der Waals surface area contributed by atoms with E-state index in [9.17, 15) is 9.50 Å². The summed E-state index contributed by atoms with van der Waals surface area (Å²) in [6.45, 7) is 0.938. The lowest BCUT2D eigenvalue weighted by atomic mass is 10.0. The monoisotopic (exact) mass is 361 g/mol. The Kier molecular flexibility index (Phi) is 7.88. The van der Waals surface area contributed by atoms with Gasteiger partial charge in [0, 0.05) is 6.42 Å². The second-order valence-electron chi connectivity index (χ2n) is 6.63. The van der Waals surface area contributed by atoms with Crippen LogP contribution in [-0.2, 0) is 12.8 Å². The zero-order valence-corrected chi connectivity index (χ0v) is 15.7. The highest BCUT2D eigenvalue weighted by atomic mass is 19.1. The van der Waals surface area contributed by atoms with Crippen molar-refractivity contribution in [3.8, 4) is 11.5 Å². The molecule has 5 heteroatoms. The van der Waals surface area contributed by atoms with Crippen molar-refractivity contribution in [2.75, 3.05) is 21.0 Å². The molecule has 2 aromatic rings. The van der Waals surface area contributed by atoms with Crippen LogP contribution in [0.25, 0.3) is 0 Å². The van der Waals surface area contributed by atoms with E-state index in [1.54, 1.807) is 13.0 Å². The second kappa shape index (κ2) is 10.1. The maximum absolute atomic E-state index is 12.3. The number of benzene rings is 2. The summed E-state index contributed by atoms with van der Waals surface area (Å²) < 4.78 is 23.4. The molecule has 1 N–H and O–H groups in total. The Balaban J connectivity index is 2.07. The largest absolute Gasteiger partial charge is 0.475 e. The summed E-state index contributed by atoms with van der Waals surface area (Å²) >= 11 is 0. The molecule has 0 heterocycles. The highest BCUT2D eigenvalue weighted by Gasteiger charge is 2.17. The number of aliphatic hydroxyl groups excluding tert-OH is 1. The molecule has 0 bridgehead atoms. The van der Waals surface area contributed by atoms with E-state index in [0.29, 0.717) is 12.2 Å². The Morgan fingerprint density at radius 1 is 1.08 bits per heavy atom. The zero-order chi connectivity index (χ0) is 18.9. The van der Waals surface area contributed by atoms with Gasteiger partial charge in [0.25, 0.3) is 0 Å². The van der Waals surface area contributed by atoms with E-state index in [2.05, 4.69) is 0 Å². The Hall–Kier alpha value is -2.11. The third-order valence-electron chi connectivity index (χ3n) is 4.16. The Morgan fingerprint density at radius 3 is 2.54 bits per heavy atom. The lowest BCUT2D eigenvalue weighted by molar-refractivity contribution is 0.0189. The molecule has 142 valence electrons. The number of alkyl halides is 1. The van der Waals surface area contributed by atoms with Crippen molar-refractivity contribution < 1.29 is 19.0 Å². The fraction of sp³-hybridized carbons (Fsp3) is 0.429. The minimum atomic E-state index is -0.824. The number of nitrogens with zero attached hydrogens (tertiary/aromatic N) is 1. The van der Waals surface area contributed by atoms with E-state index in [4.69, 9.17) is 9.47 Å². The first-order valence-corrected chi connectivity index (χ1v) is 8.86. The van der Waals surface area contributed by atoms with Crippen molar-refractivity contribution in [1.29, 1.82) is 0 Å². The summed E-state index contributed by atoms with van der Waals surface area (Å²) in [5, 5.41) is 9.70. The number of aliphatic hydroxyl groups is 1. The summed E-state index contributed by atoms with van der Waals surface area (Å²) in [4.78, 5) is 1.96. The predicted molar refractivity (Wildman–Crippen MR) is 101 cm³/mol. The van der Waals surface area contributed by atoms with Gasteiger partial charge in [-0.25, -0.2) is 4.39 Å². The van der Waals surface area contributed by atoms with E-state index >= 15 is 0 Å². The SMILES string of the molecule is CC(O)CC(Oc1ccccc1CCc1cccc(OCF)c1)N(C)C. The molecule has 0 aliphatic carbocycles. The number of aryl methyl sites for hydroxylation is 2. The third kappa shape index (κ3) is 6.32. The Bertz CT molecular complexity index is 676. The lowest BCUT2D eigenvalue weighted by Crippen LogP contribution is -2.36. The van der Waals surface area contributed by atoms with E-state index in [-0.39, 0.29) is 6.23 Å². The van der Waals surface area contributed by atoms with Crippen molar-refractivity contribution in [3.63, 3.8) is 0 Å². The van der Waals surface area contributed by atoms with Crippen LogP contribution in [-0.4, -0.2) is 43.3 Å². The second-order valence-corrected chi connectivity index (χ2v) is 6.63. The normalized spacial score (nSPS) is 13.5. The van der Waals surface area contributed by atoms with E-state index in [1.165, 1.54) is 0 Å². The number of rotatable bonds is 10. The highest BCUT2D eigenvalue weighted by Crippen LogP contribution is 2.24. The van der Waals surface area contributed by atoms with Crippen molar-refractivity contribution in [2.24, 2.45) is 0 Å². The topological polar surface area (TPSA) is 41.9 Å². The maximum Gasteiger partial charge on any atom is 0.228 e. The first-order chi connectivity index (χ1) is 12.5. The Morgan fingerprint density at radius 2 is 1.85 bits per heavy atom. The van der Waals surface area contributed by atoms with Crippen LogP contribution in [0, 0.1) is 0 Å². The Labute approximate surface area is 155 Å². The van der Waals surface area contributed by atoms with Gasteiger partial charge in [0.05, 0.1) is 6.10 Å². The van der Waals surface area contributed by atoms with E-state index in [0.717, 1.165) is 29.7 Å². The van der Waals surface area contributed by atoms with Gasteiger partial charge in [-0.05, 0) is 63.2 Å². The summed E-state index contributed by atoms with van der Waals surface area (Å²) in [6.07, 6.45) is 1.49. The van der Waals surface area contributed by atoms with Gasteiger partial charge in [-0.2, -0.15) is 0 Å². The minimum Gasteiger partial charge on any atom is -0.475 e. The molecule has 0 aromatic heterocycles. The fourth-order valence-electron chi connectivity index (χ4n) is 2.76. The molecule has 0 aliphatic rings. The quantitative estimate of drug-likeness (QED) is 0.654. The average Bonchev–Trinajstić information content (AvgIpc) is 2.60. The summed E-state index contributed by atoms with van der Waals surface area (Å²) in [6, 6.07) is 15.4. The summed E-state index contributed by atoms with van der Waals surface area (Å²) in [7, 11) is 3.87. The van der Waals surface area contributed by atoms with Crippen LogP contribution in [0.15, 0.2) is 48.5 Å². The molecule has 2 unspecified atom stereocenters. The van der Waals surface area contributed by atoms with Gasteiger partial charge in [-0.15, -0.1) is 0 Å². The number of hydrogen-bond donors (Lipinski definition) is 1. The average molecular weight is 361 g/mol. The van der Waals surface area contributed by atoms with Crippen molar-refractivity contribution >= 4 is 0 Å². The fourth-order valence-corrected chi connectivity index (χ4v) is 2.76. The molecule has 4 nitrogen and oxygen atoms in total. The van der Waals surface area contributed by atoms with Gasteiger partial charge in [0.15, 0.2) is 6.23 Å². The smallest absolute Gasteiger partial charge is 0.228 e. The van der Waals surface area contributed by atoms with Crippen LogP contribution in [0.5, 0.6) is 11.5 Å². The first-order valence-electron chi connectivity index (χ1n) is 8.86. The van der Waals surface area contributed by atoms with Gasteiger partial charge in [0.2, 0.25) is 6.86 Å². The van der Waals surface area contributed by atoms with Gasteiger partial charge >= 0.3 is 0 Å².